The Morgan fingerprint density at radius 1 is 0.690 bits per heavy atom. The lowest BCUT2D eigenvalue weighted by molar-refractivity contribution is -0.137. The molecule has 7 unspecified atom stereocenters. The third-order valence-electron chi connectivity index (χ3n) is 8.72. The average molecular weight is 812 g/mol. The molecule has 0 saturated carbocycles. The Morgan fingerprint density at radius 3 is 1.72 bits per heavy atom. The minimum atomic E-state index is -1.62. The first kappa shape index (κ1) is 50.2. The van der Waals surface area contributed by atoms with Crippen LogP contribution in [-0.2, 0) is 44.8 Å². The monoisotopic (exact) mass is 811 g/mol. The van der Waals surface area contributed by atoms with Crippen LogP contribution in [0, 0.1) is 11.8 Å². The van der Waals surface area contributed by atoms with Crippen LogP contribution in [0.25, 0.3) is 0 Å². The summed E-state index contributed by atoms with van der Waals surface area (Å²) in [6.07, 6.45) is 3.18. The van der Waals surface area contributed by atoms with Crippen LogP contribution in [0.4, 0.5) is 0 Å². The first-order valence-electron chi connectivity index (χ1n) is 19.1. The molecule has 0 heterocycles. The number of hydrogen-bond acceptors (Lipinski definition) is 9. The molecule has 0 radical (unpaired) electrons. The second-order valence-corrected chi connectivity index (χ2v) is 14.8. The highest BCUT2D eigenvalue weighted by molar-refractivity contribution is 5.98. The molecule has 0 fully saturated rings. The molecule has 7 atom stereocenters. The van der Waals surface area contributed by atoms with E-state index in [1.165, 1.54) is 33.8 Å². The van der Waals surface area contributed by atoms with Crippen molar-refractivity contribution in [1.82, 2.24) is 37.2 Å². The molecule has 1 aromatic rings. The molecule has 0 aliphatic heterocycles. The van der Waals surface area contributed by atoms with Crippen LogP contribution in [0.15, 0.2) is 66.4 Å². The van der Waals surface area contributed by atoms with E-state index in [0.717, 1.165) is 5.57 Å². The second-order valence-electron chi connectivity index (χ2n) is 14.8. The van der Waals surface area contributed by atoms with E-state index in [2.05, 4.69) is 43.8 Å². The van der Waals surface area contributed by atoms with E-state index >= 15 is 0 Å². The maximum Gasteiger partial charge on any atom is 0.352 e. The van der Waals surface area contributed by atoms with Crippen molar-refractivity contribution < 1.29 is 48.6 Å². The van der Waals surface area contributed by atoms with Gasteiger partial charge in [0.25, 0.3) is 0 Å². The summed E-state index contributed by atoms with van der Waals surface area (Å²) in [5, 5.41) is 37.6. The highest BCUT2D eigenvalue weighted by atomic mass is 16.4. The molecular formula is C41H61N7O10. The van der Waals surface area contributed by atoms with Crippen LogP contribution in [0.3, 0.4) is 0 Å². The third kappa shape index (κ3) is 17.5. The fraction of sp³-hybridized carbons (Fsp3) is 0.512. The Bertz CT molecular complexity index is 1690. The molecule has 0 aliphatic rings. The van der Waals surface area contributed by atoms with Crippen molar-refractivity contribution >= 4 is 47.3 Å². The number of carbonyl (C=O) groups excluding carboxylic acids is 7. The summed E-state index contributed by atoms with van der Waals surface area (Å²) in [6.45, 7) is 17.6. The van der Waals surface area contributed by atoms with Gasteiger partial charge in [-0.2, -0.15) is 0 Å². The van der Waals surface area contributed by atoms with E-state index < -0.39 is 101 Å². The van der Waals surface area contributed by atoms with Crippen molar-refractivity contribution in [3.63, 3.8) is 0 Å². The highest BCUT2D eigenvalue weighted by Gasteiger charge is 2.35. The van der Waals surface area contributed by atoms with E-state index in [9.17, 15) is 48.6 Å². The van der Waals surface area contributed by atoms with Crippen molar-refractivity contribution in [2.45, 2.75) is 124 Å². The number of carboxylic acids is 1. The van der Waals surface area contributed by atoms with Gasteiger partial charge in [-0.05, 0) is 57.9 Å². The molecule has 17 heteroatoms. The molecule has 0 spiro atoms. The number of allylic oxidation sites excluding steroid dienone is 3. The zero-order chi connectivity index (χ0) is 44.3. The van der Waals surface area contributed by atoms with Gasteiger partial charge < -0.3 is 47.4 Å². The molecule has 1 aromatic carbocycles. The Kier molecular flexibility index (Phi) is 21.4. The zero-order valence-electron chi connectivity index (χ0n) is 34.8. The van der Waals surface area contributed by atoms with E-state index in [1.54, 1.807) is 63.3 Å². The maximum absolute atomic E-state index is 14.0. The van der Waals surface area contributed by atoms with Crippen molar-refractivity contribution in [3.8, 4) is 0 Å². The number of carboxylic acid groups (broad SMARTS) is 1. The quantitative estimate of drug-likeness (QED) is 0.0557. The first-order chi connectivity index (χ1) is 27.1. The fourth-order valence-corrected chi connectivity index (χ4v) is 5.65. The lowest BCUT2D eigenvalue weighted by Crippen LogP contribution is -2.62. The normalized spacial score (nSPS) is 15.3. The minimum absolute atomic E-state index is 0.0528. The van der Waals surface area contributed by atoms with Crippen LogP contribution in [0.5, 0.6) is 0 Å². The van der Waals surface area contributed by atoms with E-state index in [-0.39, 0.29) is 25.2 Å². The van der Waals surface area contributed by atoms with Crippen LogP contribution < -0.4 is 37.2 Å². The minimum Gasteiger partial charge on any atom is -0.477 e. The predicted octanol–water partition coefficient (Wildman–Crippen LogP) is 0.888. The van der Waals surface area contributed by atoms with Gasteiger partial charge in [-0.3, -0.25) is 33.6 Å². The summed E-state index contributed by atoms with van der Waals surface area (Å²) in [5.74, 6) is -7.24. The van der Waals surface area contributed by atoms with Gasteiger partial charge >= 0.3 is 5.97 Å². The number of benzene rings is 1. The van der Waals surface area contributed by atoms with Crippen LogP contribution in [0.1, 0.15) is 80.7 Å². The molecule has 0 saturated heterocycles. The van der Waals surface area contributed by atoms with Crippen molar-refractivity contribution in [1.29, 1.82) is 0 Å². The number of carbonyl (C=O) groups is 8. The zero-order valence-corrected chi connectivity index (χ0v) is 34.8. The number of aliphatic hydroxyl groups is 1. The number of aliphatic hydroxyl groups excluding tert-OH is 1. The number of amides is 7. The molecule has 1 rings (SSSR count). The summed E-state index contributed by atoms with van der Waals surface area (Å²) >= 11 is 0. The Balaban J connectivity index is 3.36. The van der Waals surface area contributed by atoms with Gasteiger partial charge in [-0.25, -0.2) is 4.79 Å². The second kappa shape index (κ2) is 24.7. The van der Waals surface area contributed by atoms with E-state index in [4.69, 9.17) is 0 Å². The van der Waals surface area contributed by atoms with Gasteiger partial charge in [0.15, 0.2) is 0 Å². The van der Waals surface area contributed by atoms with Gasteiger partial charge in [0.1, 0.15) is 41.9 Å². The SMILES string of the molecule is C=CC=C(C)CC(NC(C)=O)C(=O)NC(CC(C)C)C(=O)NC(Cc1ccccc1)C(=O)NC(C(=O)NC(C(=O)NC(C)C(=O)NC(=CC)C(=O)O)C(C)C)C(C)O. The molecule has 7 amide bonds. The smallest absolute Gasteiger partial charge is 0.352 e. The topological polar surface area (TPSA) is 261 Å². The molecule has 0 bridgehead atoms. The average Bonchev–Trinajstić information content (AvgIpc) is 3.13. The van der Waals surface area contributed by atoms with Crippen LogP contribution in [-0.4, -0.2) is 99.9 Å². The van der Waals surface area contributed by atoms with Gasteiger partial charge in [0, 0.05) is 13.3 Å². The number of aliphatic carboxylic acids is 1. The first-order valence-corrected chi connectivity index (χ1v) is 19.1. The van der Waals surface area contributed by atoms with Gasteiger partial charge in [-0.15, -0.1) is 0 Å². The third-order valence-corrected chi connectivity index (χ3v) is 8.72. The Morgan fingerprint density at radius 2 is 1.22 bits per heavy atom. The highest BCUT2D eigenvalue weighted by Crippen LogP contribution is 2.12. The summed E-state index contributed by atoms with van der Waals surface area (Å²) in [6, 6.07) is 1.11. The Labute approximate surface area is 340 Å². The van der Waals surface area contributed by atoms with Crippen LogP contribution in [0.2, 0.25) is 0 Å². The van der Waals surface area contributed by atoms with E-state index in [0.29, 0.717) is 5.56 Å². The number of nitrogens with one attached hydrogen (secondary N) is 7. The van der Waals surface area contributed by atoms with Gasteiger partial charge in [0.2, 0.25) is 41.4 Å². The molecule has 9 N–H and O–H groups in total. The summed E-state index contributed by atoms with van der Waals surface area (Å²) in [4.78, 5) is 104. The maximum atomic E-state index is 14.0. The lowest BCUT2D eigenvalue weighted by Gasteiger charge is -2.29. The number of rotatable bonds is 23. The summed E-state index contributed by atoms with van der Waals surface area (Å²) in [7, 11) is 0. The molecular weight excluding hydrogens is 750 g/mol. The van der Waals surface area contributed by atoms with Gasteiger partial charge in [-0.1, -0.05) is 88.4 Å². The molecule has 58 heavy (non-hydrogen) atoms. The standard InChI is InChI=1S/C41H61N7O10/c1-11-16-24(7)20-31(43-27(10)50)37(53)45-30(19-22(3)4)36(52)46-32(21-28-17-14-13-15-18-28)38(54)48-34(26(9)49)40(56)47-33(23(5)6)39(55)42-25(8)35(51)44-29(12-2)41(57)58/h11-18,22-23,25-26,30-34,49H,1,19-21H2,2-10H3,(H,42,55)(H,43,50)(H,44,51)(H,45,53)(H,46,52)(H,47,56)(H,48,54)(H,57,58). The molecule has 0 aliphatic carbocycles. The van der Waals surface area contributed by atoms with Crippen molar-refractivity contribution in [2.75, 3.05) is 0 Å². The lowest BCUT2D eigenvalue weighted by atomic mass is 9.99. The molecule has 320 valence electrons. The van der Waals surface area contributed by atoms with Gasteiger partial charge in [0.05, 0.1) is 6.10 Å². The predicted molar refractivity (Wildman–Crippen MR) is 217 cm³/mol. The Hall–Kier alpha value is -5.84. The molecule has 17 nitrogen and oxygen atoms in total. The molecule has 0 aromatic heterocycles. The van der Waals surface area contributed by atoms with Crippen LogP contribution >= 0.6 is 0 Å². The number of hydrogen-bond donors (Lipinski definition) is 9. The largest absolute Gasteiger partial charge is 0.477 e. The van der Waals surface area contributed by atoms with Crippen molar-refractivity contribution in [3.05, 3.63) is 72.0 Å². The van der Waals surface area contributed by atoms with Crippen molar-refractivity contribution in [2.24, 2.45) is 11.8 Å². The fourth-order valence-electron chi connectivity index (χ4n) is 5.65. The van der Waals surface area contributed by atoms with E-state index in [1.807, 2.05) is 13.8 Å². The summed E-state index contributed by atoms with van der Waals surface area (Å²) < 4.78 is 0. The summed E-state index contributed by atoms with van der Waals surface area (Å²) in [5.41, 5.74) is 0.999.